The van der Waals surface area contributed by atoms with E-state index in [1.54, 1.807) is 18.3 Å². The van der Waals surface area contributed by atoms with Gasteiger partial charge in [0.1, 0.15) is 11.5 Å². The SMILES string of the molecule is O=C(CSc1nc2ccccc2c(=O)n1-c1ccccc1)N/N=C/c1cccc(Oc2ccccc2)c1. The Kier molecular flexibility index (Phi) is 7.38. The first-order valence-corrected chi connectivity index (χ1v) is 12.5. The van der Waals surface area contributed by atoms with Gasteiger partial charge in [0, 0.05) is 0 Å². The number of nitrogens with one attached hydrogen (secondary N) is 1. The van der Waals surface area contributed by atoms with Crippen LogP contribution in [-0.2, 0) is 4.79 Å². The summed E-state index contributed by atoms with van der Waals surface area (Å²) in [5.74, 6) is 1.11. The first-order valence-electron chi connectivity index (χ1n) is 11.5. The molecule has 0 aliphatic heterocycles. The van der Waals surface area contributed by atoms with Gasteiger partial charge in [-0.2, -0.15) is 5.10 Å². The maximum Gasteiger partial charge on any atom is 0.266 e. The lowest BCUT2D eigenvalue weighted by atomic mass is 10.2. The maximum atomic E-state index is 13.2. The molecule has 1 heterocycles. The molecule has 1 amide bonds. The molecule has 0 saturated carbocycles. The second-order valence-corrected chi connectivity index (χ2v) is 8.90. The van der Waals surface area contributed by atoms with E-state index in [1.807, 2.05) is 97.1 Å². The number of para-hydroxylation sites is 3. The molecule has 0 unspecified atom stereocenters. The second kappa shape index (κ2) is 11.4. The number of carbonyl (C=O) groups is 1. The van der Waals surface area contributed by atoms with Gasteiger partial charge in [0.15, 0.2) is 5.16 Å². The number of amides is 1. The molecule has 0 fully saturated rings. The molecule has 0 bridgehead atoms. The van der Waals surface area contributed by atoms with Gasteiger partial charge in [0.05, 0.1) is 28.6 Å². The summed E-state index contributed by atoms with van der Waals surface area (Å²) < 4.78 is 7.36. The molecule has 4 aromatic carbocycles. The number of hydrogen-bond acceptors (Lipinski definition) is 6. The average molecular weight is 507 g/mol. The summed E-state index contributed by atoms with van der Waals surface area (Å²) in [6, 6.07) is 33.3. The lowest BCUT2D eigenvalue weighted by Gasteiger charge is -2.12. The number of nitrogens with zero attached hydrogens (tertiary/aromatic N) is 3. The van der Waals surface area contributed by atoms with Crippen LogP contribution < -0.4 is 15.7 Å². The van der Waals surface area contributed by atoms with Crippen LogP contribution in [0.1, 0.15) is 5.56 Å². The van der Waals surface area contributed by atoms with Crippen LogP contribution >= 0.6 is 11.8 Å². The predicted octanol–water partition coefficient (Wildman–Crippen LogP) is 5.42. The first-order chi connectivity index (χ1) is 18.2. The van der Waals surface area contributed by atoms with E-state index in [4.69, 9.17) is 4.74 Å². The Bertz CT molecular complexity index is 1620. The molecule has 37 heavy (non-hydrogen) atoms. The quantitative estimate of drug-likeness (QED) is 0.131. The van der Waals surface area contributed by atoms with Crippen molar-refractivity contribution in [1.82, 2.24) is 15.0 Å². The van der Waals surface area contributed by atoms with E-state index in [1.165, 1.54) is 16.3 Å². The Labute approximate surface area is 217 Å². The first kappa shape index (κ1) is 24.0. The van der Waals surface area contributed by atoms with Gasteiger partial charge >= 0.3 is 0 Å². The smallest absolute Gasteiger partial charge is 0.266 e. The molecule has 5 aromatic rings. The number of ether oxygens (including phenoxy) is 1. The molecule has 0 aliphatic carbocycles. The molecule has 1 aromatic heterocycles. The van der Waals surface area contributed by atoms with E-state index in [0.29, 0.717) is 27.5 Å². The van der Waals surface area contributed by atoms with Gasteiger partial charge in [0.2, 0.25) is 0 Å². The molecule has 1 N–H and O–H groups in total. The minimum atomic E-state index is -0.319. The molecule has 0 aliphatic rings. The molecular formula is C29H22N4O3S. The summed E-state index contributed by atoms with van der Waals surface area (Å²) in [6.07, 6.45) is 1.55. The van der Waals surface area contributed by atoms with Crippen molar-refractivity contribution in [2.24, 2.45) is 5.10 Å². The standard InChI is InChI=1S/C29H22N4O3S/c34-27(32-30-19-21-10-9-15-24(18-21)36-23-13-5-2-6-14-23)20-37-29-31-26-17-8-7-16-25(26)28(35)33(29)22-11-3-1-4-12-22/h1-19H,20H2,(H,32,34)/b30-19+. The van der Waals surface area contributed by atoms with E-state index in [-0.39, 0.29) is 17.2 Å². The molecule has 0 spiro atoms. The Morgan fingerprint density at radius 2 is 1.59 bits per heavy atom. The summed E-state index contributed by atoms with van der Waals surface area (Å²) in [5.41, 5.74) is 4.39. The van der Waals surface area contributed by atoms with Crippen molar-refractivity contribution >= 4 is 34.8 Å². The van der Waals surface area contributed by atoms with Crippen molar-refractivity contribution in [2.75, 3.05) is 5.75 Å². The highest BCUT2D eigenvalue weighted by molar-refractivity contribution is 7.99. The van der Waals surface area contributed by atoms with E-state index in [0.717, 1.165) is 11.3 Å². The summed E-state index contributed by atoms with van der Waals surface area (Å²) in [5, 5.41) is 5.01. The summed E-state index contributed by atoms with van der Waals surface area (Å²) in [7, 11) is 0. The van der Waals surface area contributed by atoms with Crippen LogP contribution in [0.3, 0.4) is 0 Å². The third-order valence-electron chi connectivity index (χ3n) is 5.33. The molecule has 8 heteroatoms. The molecule has 5 rings (SSSR count). The van der Waals surface area contributed by atoms with Crippen molar-refractivity contribution in [3.63, 3.8) is 0 Å². The van der Waals surface area contributed by atoms with Crippen LogP contribution in [0.2, 0.25) is 0 Å². The normalized spacial score (nSPS) is 11.0. The number of hydrogen-bond donors (Lipinski definition) is 1. The highest BCUT2D eigenvalue weighted by Crippen LogP contribution is 2.22. The molecule has 7 nitrogen and oxygen atoms in total. The largest absolute Gasteiger partial charge is 0.457 e. The topological polar surface area (TPSA) is 85.6 Å². The fourth-order valence-corrected chi connectivity index (χ4v) is 4.44. The van der Waals surface area contributed by atoms with E-state index in [2.05, 4.69) is 15.5 Å². The second-order valence-electron chi connectivity index (χ2n) is 7.96. The maximum absolute atomic E-state index is 13.2. The van der Waals surface area contributed by atoms with Gasteiger partial charge < -0.3 is 4.74 Å². The van der Waals surface area contributed by atoms with Gasteiger partial charge in [-0.15, -0.1) is 0 Å². The van der Waals surface area contributed by atoms with Crippen molar-refractivity contribution < 1.29 is 9.53 Å². The number of benzene rings is 4. The molecular weight excluding hydrogens is 484 g/mol. The van der Waals surface area contributed by atoms with Crippen molar-refractivity contribution in [2.45, 2.75) is 5.16 Å². The highest BCUT2D eigenvalue weighted by Gasteiger charge is 2.14. The third-order valence-corrected chi connectivity index (χ3v) is 6.27. The minimum Gasteiger partial charge on any atom is -0.457 e. The fraction of sp³-hybridized carbons (Fsp3) is 0.0345. The van der Waals surface area contributed by atoms with Crippen LogP contribution in [0.4, 0.5) is 0 Å². The van der Waals surface area contributed by atoms with Crippen LogP contribution in [0, 0.1) is 0 Å². The number of aromatic nitrogens is 2. The predicted molar refractivity (Wildman–Crippen MR) is 147 cm³/mol. The lowest BCUT2D eigenvalue weighted by molar-refractivity contribution is -0.118. The van der Waals surface area contributed by atoms with Crippen LogP contribution in [0.15, 0.2) is 124 Å². The van der Waals surface area contributed by atoms with Gasteiger partial charge in [-0.05, 0) is 54.1 Å². The van der Waals surface area contributed by atoms with Crippen LogP contribution in [-0.4, -0.2) is 27.4 Å². The molecule has 0 radical (unpaired) electrons. The van der Waals surface area contributed by atoms with Gasteiger partial charge in [-0.25, -0.2) is 10.4 Å². The number of carbonyl (C=O) groups excluding carboxylic acids is 1. The molecule has 0 atom stereocenters. The summed E-state index contributed by atoms with van der Waals surface area (Å²) in [4.78, 5) is 30.4. The molecule has 182 valence electrons. The van der Waals surface area contributed by atoms with Crippen LogP contribution in [0.25, 0.3) is 16.6 Å². The number of thioether (sulfide) groups is 1. The third kappa shape index (κ3) is 5.94. The Morgan fingerprint density at radius 1 is 0.892 bits per heavy atom. The minimum absolute atomic E-state index is 0.0338. The zero-order valence-electron chi connectivity index (χ0n) is 19.7. The number of rotatable bonds is 8. The number of fused-ring (bicyclic) bond motifs is 1. The van der Waals surface area contributed by atoms with E-state index >= 15 is 0 Å². The van der Waals surface area contributed by atoms with Crippen LogP contribution in [0.5, 0.6) is 11.5 Å². The van der Waals surface area contributed by atoms with E-state index < -0.39 is 0 Å². The summed E-state index contributed by atoms with van der Waals surface area (Å²) in [6.45, 7) is 0. The lowest BCUT2D eigenvalue weighted by Crippen LogP contribution is -2.24. The number of hydrazone groups is 1. The van der Waals surface area contributed by atoms with Gasteiger partial charge in [-0.1, -0.05) is 72.4 Å². The van der Waals surface area contributed by atoms with Crippen molar-refractivity contribution in [3.8, 4) is 17.2 Å². The highest BCUT2D eigenvalue weighted by atomic mass is 32.2. The van der Waals surface area contributed by atoms with Gasteiger partial charge in [0.25, 0.3) is 11.5 Å². The van der Waals surface area contributed by atoms with E-state index in [9.17, 15) is 9.59 Å². The summed E-state index contributed by atoms with van der Waals surface area (Å²) >= 11 is 1.17. The Balaban J connectivity index is 1.27. The van der Waals surface area contributed by atoms with Crippen molar-refractivity contribution in [1.29, 1.82) is 0 Å². The monoisotopic (exact) mass is 506 g/mol. The Hall–Kier alpha value is -4.69. The fourth-order valence-electron chi connectivity index (χ4n) is 3.64. The zero-order valence-corrected chi connectivity index (χ0v) is 20.5. The Morgan fingerprint density at radius 3 is 2.41 bits per heavy atom. The van der Waals surface area contributed by atoms with Gasteiger partial charge in [-0.3, -0.25) is 14.2 Å². The average Bonchev–Trinajstić information content (AvgIpc) is 2.93. The zero-order chi connectivity index (χ0) is 25.5. The molecule has 0 saturated heterocycles. The van der Waals surface area contributed by atoms with Crippen molar-refractivity contribution in [3.05, 3.63) is 125 Å².